The fourth-order valence-electron chi connectivity index (χ4n) is 1.99. The van der Waals surface area contributed by atoms with Gasteiger partial charge >= 0.3 is 0 Å². The molecular weight excluding hydrogens is 312 g/mol. The van der Waals surface area contributed by atoms with Gasteiger partial charge in [-0.2, -0.15) is 10.2 Å². The van der Waals surface area contributed by atoms with Gasteiger partial charge in [0.2, 0.25) is 0 Å². The molecule has 0 saturated carbocycles. The summed E-state index contributed by atoms with van der Waals surface area (Å²) in [4.78, 5) is 24.0. The molecule has 122 valence electrons. The molecule has 1 aromatic carbocycles. The number of nitrogens with two attached hydrogens (primary N) is 2. The van der Waals surface area contributed by atoms with E-state index in [1.165, 1.54) is 12.4 Å². The van der Waals surface area contributed by atoms with Gasteiger partial charge in [0.25, 0.3) is 11.8 Å². The standard InChI is InChI=1S/C14H14N8O2/c15-11-9(5-17-21-11)13(23)19-7-1-2-8(4-3-7)20-14(24)10-6-18-22-12(10)16/h1-6H,(H,19,23)(H,20,24)(H3,15,17,21)(H3,16,18,22). The molecule has 0 fully saturated rings. The molecule has 3 rings (SSSR count). The van der Waals surface area contributed by atoms with Crippen LogP contribution in [0.15, 0.2) is 36.7 Å². The fraction of sp³-hybridized carbons (Fsp3) is 0. The summed E-state index contributed by atoms with van der Waals surface area (Å²) < 4.78 is 0. The van der Waals surface area contributed by atoms with E-state index in [9.17, 15) is 9.59 Å². The van der Waals surface area contributed by atoms with Crippen molar-refractivity contribution < 1.29 is 9.59 Å². The predicted molar refractivity (Wildman–Crippen MR) is 88.3 cm³/mol. The van der Waals surface area contributed by atoms with Crippen molar-refractivity contribution >= 4 is 34.8 Å². The number of carbonyl (C=O) groups is 2. The highest BCUT2D eigenvalue weighted by Gasteiger charge is 2.13. The summed E-state index contributed by atoms with van der Waals surface area (Å²) in [6, 6.07) is 6.57. The highest BCUT2D eigenvalue weighted by molar-refractivity contribution is 6.08. The predicted octanol–water partition coefficient (Wildman–Crippen LogP) is 0.802. The number of aromatic amines is 2. The van der Waals surface area contributed by atoms with Gasteiger partial charge in [-0.15, -0.1) is 0 Å². The first-order chi connectivity index (χ1) is 11.5. The number of benzene rings is 1. The van der Waals surface area contributed by atoms with E-state index in [-0.39, 0.29) is 34.6 Å². The first kappa shape index (κ1) is 15.1. The third kappa shape index (κ3) is 3.02. The number of nitrogen functional groups attached to an aromatic ring is 2. The van der Waals surface area contributed by atoms with Gasteiger partial charge in [0.05, 0.1) is 12.4 Å². The Morgan fingerprint density at radius 2 is 1.17 bits per heavy atom. The molecular formula is C14H14N8O2. The minimum atomic E-state index is -0.385. The van der Waals surface area contributed by atoms with E-state index in [1.54, 1.807) is 24.3 Å². The molecule has 0 bridgehead atoms. The molecule has 24 heavy (non-hydrogen) atoms. The van der Waals surface area contributed by atoms with Crippen LogP contribution in [0.2, 0.25) is 0 Å². The van der Waals surface area contributed by atoms with Crippen molar-refractivity contribution in [2.24, 2.45) is 0 Å². The average Bonchev–Trinajstić information content (AvgIpc) is 3.17. The van der Waals surface area contributed by atoms with Crippen LogP contribution in [0.25, 0.3) is 0 Å². The molecule has 0 radical (unpaired) electrons. The molecule has 0 aliphatic rings. The molecule has 10 heteroatoms. The SMILES string of the molecule is Nc1[nH]ncc1C(=O)Nc1ccc(NC(=O)c2cn[nH]c2N)cc1. The Labute approximate surface area is 135 Å². The zero-order valence-electron chi connectivity index (χ0n) is 12.3. The number of hydrogen-bond acceptors (Lipinski definition) is 6. The van der Waals surface area contributed by atoms with Crippen LogP contribution < -0.4 is 22.1 Å². The number of rotatable bonds is 4. The quantitative estimate of drug-likeness (QED) is 0.414. The topological polar surface area (TPSA) is 168 Å². The van der Waals surface area contributed by atoms with Crippen molar-refractivity contribution in [3.05, 3.63) is 47.8 Å². The number of amides is 2. The normalized spacial score (nSPS) is 10.3. The highest BCUT2D eigenvalue weighted by Crippen LogP contribution is 2.17. The van der Waals surface area contributed by atoms with Crippen LogP contribution in [0.1, 0.15) is 20.7 Å². The molecule has 2 amide bonds. The van der Waals surface area contributed by atoms with Crippen molar-refractivity contribution in [3.8, 4) is 0 Å². The van der Waals surface area contributed by atoms with Crippen molar-refractivity contribution in [2.45, 2.75) is 0 Å². The number of aromatic nitrogens is 4. The lowest BCUT2D eigenvalue weighted by molar-refractivity contribution is 0.101. The van der Waals surface area contributed by atoms with Crippen molar-refractivity contribution in [2.75, 3.05) is 22.1 Å². The third-order valence-corrected chi connectivity index (χ3v) is 3.23. The maximum absolute atomic E-state index is 12.0. The maximum atomic E-state index is 12.0. The molecule has 10 nitrogen and oxygen atoms in total. The van der Waals surface area contributed by atoms with Crippen molar-refractivity contribution in [1.82, 2.24) is 20.4 Å². The summed E-state index contributed by atoms with van der Waals surface area (Å²) in [7, 11) is 0. The molecule has 0 aliphatic heterocycles. The summed E-state index contributed by atoms with van der Waals surface area (Å²) >= 11 is 0. The maximum Gasteiger partial charge on any atom is 0.261 e. The summed E-state index contributed by atoms with van der Waals surface area (Å²) in [5.41, 5.74) is 12.8. The molecule has 2 heterocycles. The minimum absolute atomic E-state index is 0.189. The average molecular weight is 326 g/mol. The van der Waals surface area contributed by atoms with Crippen molar-refractivity contribution in [1.29, 1.82) is 0 Å². The Morgan fingerprint density at radius 3 is 1.46 bits per heavy atom. The first-order valence-electron chi connectivity index (χ1n) is 6.85. The number of hydrogen-bond donors (Lipinski definition) is 6. The first-order valence-corrected chi connectivity index (χ1v) is 6.85. The van der Waals surface area contributed by atoms with Gasteiger partial charge in [-0.05, 0) is 24.3 Å². The molecule has 8 N–H and O–H groups in total. The largest absolute Gasteiger partial charge is 0.383 e. The molecule has 2 aromatic heterocycles. The summed E-state index contributed by atoms with van der Waals surface area (Å²) in [6.45, 7) is 0. The smallest absolute Gasteiger partial charge is 0.261 e. The second-order valence-corrected chi connectivity index (χ2v) is 4.88. The molecule has 3 aromatic rings. The van der Waals surface area contributed by atoms with Crippen molar-refractivity contribution in [3.63, 3.8) is 0 Å². The van der Waals surface area contributed by atoms with Crippen LogP contribution >= 0.6 is 0 Å². The second kappa shape index (κ2) is 6.12. The monoisotopic (exact) mass is 326 g/mol. The molecule has 0 atom stereocenters. The molecule has 0 saturated heterocycles. The molecule has 0 spiro atoms. The van der Waals surface area contributed by atoms with E-state index >= 15 is 0 Å². The van der Waals surface area contributed by atoms with Gasteiger partial charge < -0.3 is 22.1 Å². The van der Waals surface area contributed by atoms with Gasteiger partial charge in [-0.25, -0.2) is 0 Å². The van der Waals surface area contributed by atoms with Crippen LogP contribution in [-0.4, -0.2) is 32.2 Å². The second-order valence-electron chi connectivity index (χ2n) is 4.88. The molecule has 0 unspecified atom stereocenters. The van der Waals surface area contributed by atoms with Gasteiger partial charge in [-0.3, -0.25) is 19.8 Å². The van der Waals surface area contributed by atoms with Gasteiger partial charge in [0.1, 0.15) is 22.8 Å². The van der Waals surface area contributed by atoms with Crippen LogP contribution in [-0.2, 0) is 0 Å². The van der Waals surface area contributed by atoms with Gasteiger partial charge in [0, 0.05) is 11.4 Å². The Bertz CT molecular complexity index is 807. The minimum Gasteiger partial charge on any atom is -0.383 e. The Hall–Kier alpha value is -3.82. The van der Waals surface area contributed by atoms with Crippen LogP contribution in [0, 0.1) is 0 Å². The number of H-pyrrole nitrogens is 2. The summed E-state index contributed by atoms with van der Waals surface area (Å²) in [5.74, 6) is -0.392. The number of nitrogens with zero attached hydrogens (tertiary/aromatic N) is 2. The lowest BCUT2D eigenvalue weighted by Crippen LogP contribution is -2.14. The van der Waals surface area contributed by atoms with Crippen LogP contribution in [0.5, 0.6) is 0 Å². The Kier molecular flexibility index (Phi) is 3.85. The van der Waals surface area contributed by atoms with Gasteiger partial charge in [0.15, 0.2) is 0 Å². The fourth-order valence-corrected chi connectivity index (χ4v) is 1.99. The van der Waals surface area contributed by atoms with E-state index in [0.29, 0.717) is 11.4 Å². The van der Waals surface area contributed by atoms with Crippen LogP contribution in [0.3, 0.4) is 0 Å². The Balaban J connectivity index is 1.65. The van der Waals surface area contributed by atoms with E-state index in [4.69, 9.17) is 11.5 Å². The third-order valence-electron chi connectivity index (χ3n) is 3.23. The zero-order chi connectivity index (χ0) is 17.1. The lowest BCUT2D eigenvalue weighted by Gasteiger charge is -2.07. The summed E-state index contributed by atoms with van der Waals surface area (Å²) in [5, 5.41) is 17.7. The lowest BCUT2D eigenvalue weighted by atomic mass is 10.2. The van der Waals surface area contributed by atoms with E-state index < -0.39 is 0 Å². The summed E-state index contributed by atoms with van der Waals surface area (Å²) in [6.07, 6.45) is 2.68. The number of carbonyl (C=O) groups excluding carboxylic acids is 2. The van der Waals surface area contributed by atoms with E-state index in [0.717, 1.165) is 0 Å². The van der Waals surface area contributed by atoms with Crippen LogP contribution in [0.4, 0.5) is 23.0 Å². The number of anilines is 4. The Morgan fingerprint density at radius 1 is 0.792 bits per heavy atom. The van der Waals surface area contributed by atoms with Gasteiger partial charge in [-0.1, -0.05) is 0 Å². The number of nitrogens with one attached hydrogen (secondary N) is 4. The highest BCUT2D eigenvalue weighted by atomic mass is 16.2. The van der Waals surface area contributed by atoms with E-state index in [1.807, 2.05) is 0 Å². The van der Waals surface area contributed by atoms with E-state index in [2.05, 4.69) is 31.0 Å². The molecule has 0 aliphatic carbocycles. The zero-order valence-corrected chi connectivity index (χ0v) is 12.3.